The van der Waals surface area contributed by atoms with Crippen LogP contribution in [0.4, 0.5) is 17.3 Å². The van der Waals surface area contributed by atoms with Gasteiger partial charge in [0.2, 0.25) is 5.95 Å². The highest BCUT2D eigenvalue weighted by Gasteiger charge is 2.02. The molecule has 1 aromatic carbocycles. The third kappa shape index (κ3) is 2.69. The van der Waals surface area contributed by atoms with E-state index in [1.165, 1.54) is 0 Å². The number of aromatic nitrogens is 2. The molecule has 0 radical (unpaired) electrons. The van der Waals surface area contributed by atoms with Gasteiger partial charge in [0.15, 0.2) is 0 Å². The van der Waals surface area contributed by atoms with Gasteiger partial charge in [0, 0.05) is 17.1 Å². The zero-order valence-corrected chi connectivity index (χ0v) is 9.31. The maximum Gasteiger partial charge on any atom is 0.228 e. The molecule has 2 aromatic rings. The molecule has 0 bridgehead atoms. The molecule has 17 heavy (non-hydrogen) atoms. The number of anilines is 3. The van der Waals surface area contributed by atoms with Crippen molar-refractivity contribution in [3.63, 3.8) is 0 Å². The van der Waals surface area contributed by atoms with E-state index in [9.17, 15) is 0 Å². The Bertz CT molecular complexity index is 586. The Kier molecular flexibility index (Phi) is 2.88. The van der Waals surface area contributed by atoms with Gasteiger partial charge < -0.3 is 11.1 Å². The molecule has 0 aliphatic carbocycles. The number of aryl methyl sites for hydroxylation is 1. The van der Waals surface area contributed by atoms with Gasteiger partial charge in [-0.05, 0) is 31.2 Å². The van der Waals surface area contributed by atoms with Gasteiger partial charge in [-0.3, -0.25) is 0 Å². The van der Waals surface area contributed by atoms with Crippen molar-refractivity contribution in [1.29, 1.82) is 5.26 Å². The number of benzene rings is 1. The van der Waals surface area contributed by atoms with Crippen molar-refractivity contribution in [3.05, 3.63) is 41.7 Å². The Labute approximate surface area is 98.9 Å². The van der Waals surface area contributed by atoms with Crippen molar-refractivity contribution >= 4 is 17.3 Å². The number of hydrogen-bond acceptors (Lipinski definition) is 5. The number of nitrogens with two attached hydrogens (primary N) is 1. The normalized spacial score (nSPS) is 9.65. The molecule has 5 heteroatoms. The average molecular weight is 225 g/mol. The SMILES string of the molecule is Cc1cc(C#N)nc(Nc2cccc(N)c2)n1. The van der Waals surface area contributed by atoms with E-state index < -0.39 is 0 Å². The van der Waals surface area contributed by atoms with Crippen molar-refractivity contribution in [1.82, 2.24) is 9.97 Å². The number of nitrogens with zero attached hydrogens (tertiary/aromatic N) is 3. The molecule has 0 amide bonds. The van der Waals surface area contributed by atoms with Gasteiger partial charge in [-0.15, -0.1) is 0 Å². The van der Waals surface area contributed by atoms with Crippen molar-refractivity contribution in [2.75, 3.05) is 11.1 Å². The highest BCUT2D eigenvalue weighted by atomic mass is 15.1. The lowest BCUT2D eigenvalue weighted by molar-refractivity contribution is 1.09. The molecule has 0 aliphatic rings. The zero-order valence-electron chi connectivity index (χ0n) is 9.31. The van der Waals surface area contributed by atoms with Crippen molar-refractivity contribution in [2.24, 2.45) is 0 Å². The molecule has 0 saturated carbocycles. The van der Waals surface area contributed by atoms with Crippen LogP contribution in [0.15, 0.2) is 30.3 Å². The summed E-state index contributed by atoms with van der Waals surface area (Å²) in [6.07, 6.45) is 0. The third-order valence-electron chi connectivity index (χ3n) is 2.11. The Balaban J connectivity index is 2.30. The Morgan fingerprint density at radius 2 is 2.12 bits per heavy atom. The number of nitriles is 1. The van der Waals surface area contributed by atoms with Gasteiger partial charge in [0.25, 0.3) is 0 Å². The molecule has 0 saturated heterocycles. The van der Waals surface area contributed by atoms with E-state index in [0.717, 1.165) is 11.4 Å². The van der Waals surface area contributed by atoms with Gasteiger partial charge in [-0.2, -0.15) is 5.26 Å². The van der Waals surface area contributed by atoms with Gasteiger partial charge in [0.05, 0.1) is 0 Å². The van der Waals surface area contributed by atoms with Crippen LogP contribution < -0.4 is 11.1 Å². The van der Waals surface area contributed by atoms with E-state index in [1.54, 1.807) is 18.2 Å². The molecule has 0 spiro atoms. The summed E-state index contributed by atoms with van der Waals surface area (Å²) in [6, 6.07) is 10.9. The number of nitrogen functional groups attached to an aromatic ring is 1. The molecule has 1 aromatic heterocycles. The van der Waals surface area contributed by atoms with Crippen LogP contribution in [0.1, 0.15) is 11.4 Å². The first-order chi connectivity index (χ1) is 8.17. The summed E-state index contributed by atoms with van der Waals surface area (Å²) >= 11 is 0. The Morgan fingerprint density at radius 1 is 1.29 bits per heavy atom. The summed E-state index contributed by atoms with van der Waals surface area (Å²) in [5, 5.41) is 11.8. The minimum Gasteiger partial charge on any atom is -0.399 e. The minimum atomic E-state index is 0.337. The highest BCUT2D eigenvalue weighted by molar-refractivity contribution is 5.59. The minimum absolute atomic E-state index is 0.337. The van der Waals surface area contributed by atoms with E-state index in [2.05, 4.69) is 15.3 Å². The molecule has 0 fully saturated rings. The molecule has 0 unspecified atom stereocenters. The second-order valence-corrected chi connectivity index (χ2v) is 3.58. The lowest BCUT2D eigenvalue weighted by Gasteiger charge is -2.06. The lowest BCUT2D eigenvalue weighted by Crippen LogP contribution is -2.00. The molecule has 84 valence electrons. The van der Waals surface area contributed by atoms with Crippen LogP contribution in [0.2, 0.25) is 0 Å². The molecule has 2 rings (SSSR count). The molecule has 0 aliphatic heterocycles. The largest absolute Gasteiger partial charge is 0.399 e. The molecular formula is C12H11N5. The monoisotopic (exact) mass is 225 g/mol. The van der Waals surface area contributed by atoms with Crippen LogP contribution in [-0.2, 0) is 0 Å². The number of hydrogen-bond donors (Lipinski definition) is 2. The van der Waals surface area contributed by atoms with E-state index in [4.69, 9.17) is 11.0 Å². The van der Waals surface area contributed by atoms with Crippen molar-refractivity contribution in [3.8, 4) is 6.07 Å². The summed E-state index contributed by atoms with van der Waals surface area (Å²) in [5.41, 5.74) is 8.19. The van der Waals surface area contributed by atoms with Gasteiger partial charge >= 0.3 is 0 Å². The second-order valence-electron chi connectivity index (χ2n) is 3.58. The van der Waals surface area contributed by atoms with Crippen LogP contribution >= 0.6 is 0 Å². The molecule has 5 nitrogen and oxygen atoms in total. The fourth-order valence-corrected chi connectivity index (χ4v) is 1.43. The summed E-state index contributed by atoms with van der Waals surface area (Å²) < 4.78 is 0. The maximum atomic E-state index is 8.81. The quantitative estimate of drug-likeness (QED) is 0.763. The fraction of sp³-hybridized carbons (Fsp3) is 0.0833. The van der Waals surface area contributed by atoms with Crippen molar-refractivity contribution in [2.45, 2.75) is 6.92 Å². The summed E-state index contributed by atoms with van der Waals surface area (Å²) in [4.78, 5) is 8.25. The van der Waals surface area contributed by atoms with Gasteiger partial charge in [-0.25, -0.2) is 9.97 Å². The fourth-order valence-electron chi connectivity index (χ4n) is 1.43. The first kappa shape index (κ1) is 10.9. The predicted molar refractivity (Wildman–Crippen MR) is 65.6 cm³/mol. The predicted octanol–water partition coefficient (Wildman–Crippen LogP) is 1.98. The van der Waals surface area contributed by atoms with Crippen molar-refractivity contribution < 1.29 is 0 Å². The molecule has 1 heterocycles. The summed E-state index contributed by atoms with van der Waals surface area (Å²) in [5.74, 6) is 0.396. The van der Waals surface area contributed by atoms with Crippen LogP contribution in [0.3, 0.4) is 0 Å². The molecular weight excluding hydrogens is 214 g/mol. The first-order valence-electron chi connectivity index (χ1n) is 5.06. The zero-order chi connectivity index (χ0) is 12.3. The first-order valence-corrected chi connectivity index (χ1v) is 5.06. The number of nitrogens with one attached hydrogen (secondary N) is 1. The molecule has 0 atom stereocenters. The lowest BCUT2D eigenvalue weighted by atomic mass is 10.3. The topological polar surface area (TPSA) is 87.6 Å². The second kappa shape index (κ2) is 4.49. The standard InChI is InChI=1S/C12H11N5/c1-8-5-11(7-13)17-12(15-8)16-10-4-2-3-9(14)6-10/h2-6H,14H2,1H3,(H,15,16,17). The maximum absolute atomic E-state index is 8.81. The van der Waals surface area contributed by atoms with Crippen LogP contribution in [0.25, 0.3) is 0 Å². The smallest absolute Gasteiger partial charge is 0.228 e. The van der Waals surface area contributed by atoms with E-state index in [-0.39, 0.29) is 0 Å². The number of rotatable bonds is 2. The van der Waals surface area contributed by atoms with Crippen LogP contribution in [-0.4, -0.2) is 9.97 Å². The van der Waals surface area contributed by atoms with E-state index in [0.29, 0.717) is 17.3 Å². The van der Waals surface area contributed by atoms with Crippen LogP contribution in [0.5, 0.6) is 0 Å². The van der Waals surface area contributed by atoms with Gasteiger partial charge in [-0.1, -0.05) is 6.07 Å². The molecule has 3 N–H and O–H groups in total. The summed E-state index contributed by atoms with van der Waals surface area (Å²) in [7, 11) is 0. The Morgan fingerprint density at radius 3 is 2.82 bits per heavy atom. The Hall–Kier alpha value is -2.61. The van der Waals surface area contributed by atoms with Gasteiger partial charge in [0.1, 0.15) is 11.8 Å². The van der Waals surface area contributed by atoms with E-state index >= 15 is 0 Å². The van der Waals surface area contributed by atoms with E-state index in [1.807, 2.05) is 25.1 Å². The highest BCUT2D eigenvalue weighted by Crippen LogP contribution is 2.16. The average Bonchev–Trinajstić information content (AvgIpc) is 2.28. The van der Waals surface area contributed by atoms with Crippen LogP contribution in [0, 0.1) is 18.3 Å². The third-order valence-corrected chi connectivity index (χ3v) is 2.11. The summed E-state index contributed by atoms with van der Waals surface area (Å²) in [6.45, 7) is 1.81.